The Kier molecular flexibility index (Phi) is 4.56. The lowest BCUT2D eigenvalue weighted by Gasteiger charge is -2.28. The number of aryl methyl sites for hydroxylation is 1. The maximum absolute atomic E-state index is 12.1. The van der Waals surface area contributed by atoms with E-state index in [2.05, 4.69) is 9.88 Å². The predicted molar refractivity (Wildman–Crippen MR) is 80.9 cm³/mol. The van der Waals surface area contributed by atoms with Crippen LogP contribution in [0.2, 0.25) is 0 Å². The first-order valence-corrected chi connectivity index (χ1v) is 7.40. The number of amides is 1. The van der Waals surface area contributed by atoms with Gasteiger partial charge in [0.15, 0.2) is 0 Å². The number of likely N-dealkylation sites (N-methyl/N-ethyl adjacent to an activating group) is 1. The van der Waals surface area contributed by atoms with Crippen molar-refractivity contribution in [3.05, 3.63) is 18.2 Å². The molecule has 1 unspecified atom stereocenters. The average Bonchev–Trinajstić information content (AvgIpc) is 2.97. The highest BCUT2D eigenvalue weighted by molar-refractivity contribution is 5.68. The molecule has 0 radical (unpaired) electrons. The van der Waals surface area contributed by atoms with Gasteiger partial charge in [-0.25, -0.2) is 9.78 Å². The molecule has 1 atom stereocenters. The molecule has 2 heterocycles. The fraction of sp³-hybridized carbons (Fsp3) is 0.733. The minimum atomic E-state index is -0.448. The van der Waals surface area contributed by atoms with E-state index in [1.54, 1.807) is 4.90 Å². The summed E-state index contributed by atoms with van der Waals surface area (Å²) in [5.41, 5.74) is -0.448. The molecule has 6 nitrogen and oxygen atoms in total. The summed E-state index contributed by atoms with van der Waals surface area (Å²) in [5.74, 6) is 1.05. The summed E-state index contributed by atoms with van der Waals surface area (Å²) in [4.78, 5) is 20.5. The molecule has 0 N–H and O–H groups in total. The van der Waals surface area contributed by atoms with Crippen molar-refractivity contribution in [1.82, 2.24) is 19.4 Å². The number of rotatable bonds is 3. The van der Waals surface area contributed by atoms with E-state index in [4.69, 9.17) is 4.74 Å². The van der Waals surface area contributed by atoms with Crippen molar-refractivity contribution in [2.24, 2.45) is 7.05 Å². The van der Waals surface area contributed by atoms with Crippen LogP contribution in [0.15, 0.2) is 12.4 Å². The molecule has 0 saturated carbocycles. The number of hydrogen-bond donors (Lipinski definition) is 0. The third-order valence-electron chi connectivity index (χ3n) is 3.76. The predicted octanol–water partition coefficient (Wildman–Crippen LogP) is 1.86. The van der Waals surface area contributed by atoms with Crippen molar-refractivity contribution in [3.63, 3.8) is 0 Å². The summed E-state index contributed by atoms with van der Waals surface area (Å²) < 4.78 is 7.46. The Morgan fingerprint density at radius 2 is 2.24 bits per heavy atom. The summed E-state index contributed by atoms with van der Waals surface area (Å²) >= 11 is 0. The van der Waals surface area contributed by atoms with E-state index in [-0.39, 0.29) is 12.1 Å². The standard InChI is InChI=1S/C15H26N4O2/c1-15(2,3)21-14(20)18(5)12-6-8-19(10-12)11-13-16-7-9-17(13)4/h7,9,12H,6,8,10-11H2,1-5H3. The van der Waals surface area contributed by atoms with E-state index in [0.717, 1.165) is 31.9 Å². The summed E-state index contributed by atoms with van der Waals surface area (Å²) in [6.07, 6.45) is 4.50. The molecule has 1 aliphatic rings. The lowest BCUT2D eigenvalue weighted by atomic mass is 10.2. The topological polar surface area (TPSA) is 50.6 Å². The molecule has 0 spiro atoms. The van der Waals surface area contributed by atoms with Gasteiger partial charge in [-0.15, -0.1) is 0 Å². The van der Waals surface area contributed by atoms with E-state index in [9.17, 15) is 4.79 Å². The summed E-state index contributed by atoms with van der Waals surface area (Å²) in [6.45, 7) is 8.33. The van der Waals surface area contributed by atoms with Gasteiger partial charge in [0.2, 0.25) is 0 Å². The maximum atomic E-state index is 12.1. The van der Waals surface area contributed by atoms with Gasteiger partial charge in [0.1, 0.15) is 11.4 Å². The molecular formula is C15H26N4O2. The molecule has 1 amide bonds. The Balaban J connectivity index is 1.87. The number of carbonyl (C=O) groups is 1. The van der Waals surface area contributed by atoms with Crippen LogP contribution in [-0.2, 0) is 18.3 Å². The van der Waals surface area contributed by atoms with E-state index in [1.165, 1.54) is 0 Å². The molecule has 118 valence electrons. The number of carbonyl (C=O) groups excluding carboxylic acids is 1. The SMILES string of the molecule is CN(C(=O)OC(C)(C)C)C1CCN(Cc2nccn2C)C1. The van der Waals surface area contributed by atoms with E-state index in [0.29, 0.717) is 0 Å². The molecule has 1 aromatic rings. The third-order valence-corrected chi connectivity index (χ3v) is 3.76. The second-order valence-electron chi connectivity index (χ2n) is 6.72. The highest BCUT2D eigenvalue weighted by Crippen LogP contribution is 2.19. The Morgan fingerprint density at radius 3 is 2.81 bits per heavy atom. The second-order valence-corrected chi connectivity index (χ2v) is 6.72. The highest BCUT2D eigenvalue weighted by Gasteiger charge is 2.31. The lowest BCUT2D eigenvalue weighted by molar-refractivity contribution is 0.0228. The molecule has 0 bridgehead atoms. The molecule has 0 aromatic carbocycles. The number of nitrogens with zero attached hydrogens (tertiary/aromatic N) is 4. The molecule has 1 aliphatic heterocycles. The Morgan fingerprint density at radius 1 is 1.52 bits per heavy atom. The zero-order chi connectivity index (χ0) is 15.6. The summed E-state index contributed by atoms with van der Waals surface area (Å²) in [6, 6.07) is 0.208. The Hall–Kier alpha value is -1.56. The van der Waals surface area contributed by atoms with Crippen molar-refractivity contribution in [3.8, 4) is 0 Å². The maximum Gasteiger partial charge on any atom is 0.410 e. The fourth-order valence-corrected chi connectivity index (χ4v) is 2.50. The van der Waals surface area contributed by atoms with Crippen LogP contribution >= 0.6 is 0 Å². The van der Waals surface area contributed by atoms with Gasteiger partial charge in [0, 0.05) is 45.6 Å². The van der Waals surface area contributed by atoms with Crippen molar-refractivity contribution in [2.45, 2.75) is 45.4 Å². The van der Waals surface area contributed by atoms with Gasteiger partial charge in [0.25, 0.3) is 0 Å². The van der Waals surface area contributed by atoms with Crippen LogP contribution in [0.25, 0.3) is 0 Å². The summed E-state index contributed by atoms with van der Waals surface area (Å²) in [5, 5.41) is 0. The van der Waals surface area contributed by atoms with Crippen LogP contribution < -0.4 is 0 Å². The number of ether oxygens (including phenoxy) is 1. The summed E-state index contributed by atoms with van der Waals surface area (Å²) in [7, 11) is 3.83. The van der Waals surface area contributed by atoms with Crippen molar-refractivity contribution in [1.29, 1.82) is 0 Å². The Bertz CT molecular complexity index is 492. The van der Waals surface area contributed by atoms with E-state index < -0.39 is 5.60 Å². The van der Waals surface area contributed by atoms with Crippen LogP contribution in [0, 0.1) is 0 Å². The zero-order valence-electron chi connectivity index (χ0n) is 13.7. The van der Waals surface area contributed by atoms with Crippen LogP contribution in [0.4, 0.5) is 4.79 Å². The fourth-order valence-electron chi connectivity index (χ4n) is 2.50. The van der Waals surface area contributed by atoms with E-state index in [1.807, 2.05) is 51.8 Å². The van der Waals surface area contributed by atoms with Crippen LogP contribution in [0.1, 0.15) is 33.0 Å². The monoisotopic (exact) mass is 294 g/mol. The Labute approximate surface area is 126 Å². The van der Waals surface area contributed by atoms with Gasteiger partial charge in [-0.05, 0) is 27.2 Å². The quantitative estimate of drug-likeness (QED) is 0.854. The number of hydrogen-bond acceptors (Lipinski definition) is 4. The molecule has 21 heavy (non-hydrogen) atoms. The molecule has 1 saturated heterocycles. The molecule has 0 aliphatic carbocycles. The van der Waals surface area contributed by atoms with Gasteiger partial charge >= 0.3 is 6.09 Å². The minimum absolute atomic E-state index is 0.208. The van der Waals surface area contributed by atoms with Crippen molar-refractivity contribution < 1.29 is 9.53 Å². The third kappa shape index (κ3) is 4.20. The normalized spacial score (nSPS) is 19.8. The highest BCUT2D eigenvalue weighted by atomic mass is 16.6. The van der Waals surface area contributed by atoms with Crippen LogP contribution in [0.5, 0.6) is 0 Å². The zero-order valence-corrected chi connectivity index (χ0v) is 13.7. The minimum Gasteiger partial charge on any atom is -0.444 e. The van der Waals surface area contributed by atoms with E-state index >= 15 is 0 Å². The molecule has 1 fully saturated rings. The largest absolute Gasteiger partial charge is 0.444 e. The van der Waals surface area contributed by atoms with Gasteiger partial charge in [-0.1, -0.05) is 0 Å². The number of imidazole rings is 1. The smallest absolute Gasteiger partial charge is 0.410 e. The van der Waals surface area contributed by atoms with Gasteiger partial charge in [-0.3, -0.25) is 4.90 Å². The number of aromatic nitrogens is 2. The molecule has 2 rings (SSSR count). The van der Waals surface area contributed by atoms with Gasteiger partial charge < -0.3 is 14.2 Å². The molecular weight excluding hydrogens is 268 g/mol. The van der Waals surface area contributed by atoms with Gasteiger partial charge in [-0.2, -0.15) is 0 Å². The lowest BCUT2D eigenvalue weighted by Crippen LogP contribution is -2.42. The van der Waals surface area contributed by atoms with Crippen LogP contribution in [-0.4, -0.2) is 57.2 Å². The first-order valence-electron chi connectivity index (χ1n) is 7.40. The molecule has 6 heteroatoms. The first kappa shape index (κ1) is 15.8. The second kappa shape index (κ2) is 6.05. The number of likely N-dealkylation sites (tertiary alicyclic amines) is 1. The van der Waals surface area contributed by atoms with Gasteiger partial charge in [0.05, 0.1) is 6.54 Å². The molecule has 1 aromatic heterocycles. The van der Waals surface area contributed by atoms with Crippen molar-refractivity contribution >= 4 is 6.09 Å². The average molecular weight is 294 g/mol. The first-order chi connectivity index (χ1) is 9.76. The van der Waals surface area contributed by atoms with Crippen molar-refractivity contribution in [2.75, 3.05) is 20.1 Å². The van der Waals surface area contributed by atoms with Crippen LogP contribution in [0.3, 0.4) is 0 Å².